The molecule has 0 aliphatic heterocycles. The number of aliphatic hydroxyl groups is 3. The summed E-state index contributed by atoms with van der Waals surface area (Å²) < 4.78 is 0. The SMILES string of the molecule is CCNC(=O)CCC/C=C\C[C@H]1[C@@H](/C=C/[C@H](O)CCc2ccccc2)[C@H](O)C[C@@H]1O. The van der Waals surface area contributed by atoms with Crippen molar-refractivity contribution in [2.45, 2.75) is 70.2 Å². The Bertz CT molecular complexity index is 673. The van der Waals surface area contributed by atoms with Gasteiger partial charge in [0, 0.05) is 25.3 Å². The van der Waals surface area contributed by atoms with E-state index in [1.165, 1.54) is 5.56 Å². The molecular formula is C25H37NO4. The number of hydrogen-bond acceptors (Lipinski definition) is 4. The highest BCUT2D eigenvalue weighted by molar-refractivity contribution is 5.75. The fourth-order valence-electron chi connectivity index (χ4n) is 4.06. The molecule has 4 N–H and O–H groups in total. The Hall–Kier alpha value is -1.95. The molecule has 1 aromatic rings. The number of carbonyl (C=O) groups excluding carboxylic acids is 1. The van der Waals surface area contributed by atoms with Crippen molar-refractivity contribution in [1.29, 1.82) is 0 Å². The fourth-order valence-corrected chi connectivity index (χ4v) is 4.06. The third-order valence-corrected chi connectivity index (χ3v) is 5.77. The van der Waals surface area contributed by atoms with Crippen molar-refractivity contribution in [3.63, 3.8) is 0 Å². The first kappa shape index (κ1) is 24.3. The van der Waals surface area contributed by atoms with E-state index < -0.39 is 18.3 Å². The number of allylic oxidation sites excluding steroid dienone is 2. The molecule has 0 bridgehead atoms. The molecule has 1 amide bonds. The van der Waals surface area contributed by atoms with Gasteiger partial charge >= 0.3 is 0 Å². The van der Waals surface area contributed by atoms with Gasteiger partial charge in [0.25, 0.3) is 0 Å². The van der Waals surface area contributed by atoms with Gasteiger partial charge in [0.15, 0.2) is 0 Å². The molecule has 1 aliphatic carbocycles. The molecular weight excluding hydrogens is 378 g/mol. The number of nitrogens with one attached hydrogen (secondary N) is 1. The smallest absolute Gasteiger partial charge is 0.219 e. The van der Waals surface area contributed by atoms with Gasteiger partial charge in [-0.15, -0.1) is 0 Å². The normalized spacial score (nSPS) is 25.2. The fraction of sp³-hybridized carbons (Fsp3) is 0.560. The van der Waals surface area contributed by atoms with Crippen molar-refractivity contribution in [1.82, 2.24) is 5.32 Å². The monoisotopic (exact) mass is 415 g/mol. The van der Waals surface area contributed by atoms with Crippen molar-refractivity contribution < 1.29 is 20.1 Å². The topological polar surface area (TPSA) is 89.8 Å². The molecule has 0 spiro atoms. The Morgan fingerprint density at radius 2 is 1.97 bits per heavy atom. The summed E-state index contributed by atoms with van der Waals surface area (Å²) in [6.07, 6.45) is 10.6. The van der Waals surface area contributed by atoms with Gasteiger partial charge in [-0.3, -0.25) is 4.79 Å². The minimum Gasteiger partial charge on any atom is -0.393 e. The molecule has 5 heteroatoms. The molecule has 1 saturated carbocycles. The summed E-state index contributed by atoms with van der Waals surface area (Å²) in [6.45, 7) is 2.57. The Kier molecular flexibility index (Phi) is 10.8. The average molecular weight is 416 g/mol. The van der Waals surface area contributed by atoms with E-state index >= 15 is 0 Å². The minimum absolute atomic E-state index is 0.0581. The van der Waals surface area contributed by atoms with E-state index in [0.717, 1.165) is 19.3 Å². The van der Waals surface area contributed by atoms with Gasteiger partial charge in [0.05, 0.1) is 18.3 Å². The van der Waals surface area contributed by atoms with Crippen LogP contribution in [0.1, 0.15) is 51.0 Å². The summed E-state index contributed by atoms with van der Waals surface area (Å²) in [7, 11) is 0. The van der Waals surface area contributed by atoms with Crippen LogP contribution in [0.5, 0.6) is 0 Å². The third kappa shape index (κ3) is 8.42. The molecule has 2 rings (SSSR count). The van der Waals surface area contributed by atoms with Crippen LogP contribution in [-0.2, 0) is 11.2 Å². The lowest BCUT2D eigenvalue weighted by Gasteiger charge is -2.19. The van der Waals surface area contributed by atoms with E-state index in [9.17, 15) is 20.1 Å². The zero-order chi connectivity index (χ0) is 21.8. The lowest BCUT2D eigenvalue weighted by Crippen LogP contribution is -2.21. The Balaban J connectivity index is 1.78. The van der Waals surface area contributed by atoms with Gasteiger partial charge in [0.2, 0.25) is 5.91 Å². The summed E-state index contributed by atoms with van der Waals surface area (Å²) in [5, 5.41) is 33.8. The van der Waals surface area contributed by atoms with Gasteiger partial charge in [-0.25, -0.2) is 0 Å². The third-order valence-electron chi connectivity index (χ3n) is 5.77. The molecule has 30 heavy (non-hydrogen) atoms. The predicted octanol–water partition coefficient (Wildman–Crippen LogP) is 3.15. The van der Waals surface area contributed by atoms with E-state index in [-0.39, 0.29) is 17.7 Å². The molecule has 5 nitrogen and oxygen atoms in total. The molecule has 0 unspecified atom stereocenters. The van der Waals surface area contributed by atoms with Gasteiger partial charge in [-0.05, 0) is 50.5 Å². The summed E-state index contributed by atoms with van der Waals surface area (Å²) in [4.78, 5) is 11.4. The number of aliphatic hydroxyl groups excluding tert-OH is 3. The summed E-state index contributed by atoms with van der Waals surface area (Å²) >= 11 is 0. The van der Waals surface area contributed by atoms with Crippen molar-refractivity contribution in [3.8, 4) is 0 Å². The lowest BCUT2D eigenvalue weighted by molar-refractivity contribution is -0.121. The highest BCUT2D eigenvalue weighted by Crippen LogP contribution is 2.36. The number of carbonyl (C=O) groups is 1. The zero-order valence-corrected chi connectivity index (χ0v) is 18.0. The first-order valence-corrected chi connectivity index (χ1v) is 11.2. The van der Waals surface area contributed by atoms with Crippen LogP contribution in [0, 0.1) is 11.8 Å². The molecule has 0 saturated heterocycles. The van der Waals surface area contributed by atoms with Gasteiger partial charge in [-0.1, -0.05) is 54.6 Å². The van der Waals surface area contributed by atoms with Crippen LogP contribution in [0.2, 0.25) is 0 Å². The van der Waals surface area contributed by atoms with Crippen molar-refractivity contribution >= 4 is 5.91 Å². The largest absolute Gasteiger partial charge is 0.393 e. The van der Waals surface area contributed by atoms with E-state index in [2.05, 4.69) is 5.32 Å². The molecule has 1 aromatic carbocycles. The molecule has 1 aliphatic rings. The maximum Gasteiger partial charge on any atom is 0.219 e. The molecule has 5 atom stereocenters. The van der Waals surface area contributed by atoms with E-state index in [0.29, 0.717) is 32.2 Å². The first-order valence-electron chi connectivity index (χ1n) is 11.2. The number of unbranched alkanes of at least 4 members (excludes halogenated alkanes) is 1. The predicted molar refractivity (Wildman–Crippen MR) is 120 cm³/mol. The number of aryl methyl sites for hydroxylation is 1. The van der Waals surface area contributed by atoms with Gasteiger partial charge in [0.1, 0.15) is 0 Å². The lowest BCUT2D eigenvalue weighted by atomic mass is 9.89. The first-order chi connectivity index (χ1) is 14.5. The second-order valence-electron chi connectivity index (χ2n) is 8.14. The highest BCUT2D eigenvalue weighted by atomic mass is 16.3. The number of benzene rings is 1. The Morgan fingerprint density at radius 1 is 1.20 bits per heavy atom. The molecule has 0 heterocycles. The maximum absolute atomic E-state index is 11.4. The second-order valence-corrected chi connectivity index (χ2v) is 8.14. The van der Waals surface area contributed by atoms with E-state index in [4.69, 9.17) is 0 Å². The van der Waals surface area contributed by atoms with Crippen LogP contribution in [0.4, 0.5) is 0 Å². The Labute approximate surface area is 180 Å². The van der Waals surface area contributed by atoms with Crippen LogP contribution < -0.4 is 5.32 Å². The summed E-state index contributed by atoms with van der Waals surface area (Å²) in [6, 6.07) is 10.1. The van der Waals surface area contributed by atoms with Crippen LogP contribution >= 0.6 is 0 Å². The number of amides is 1. The minimum atomic E-state index is -0.589. The van der Waals surface area contributed by atoms with Crippen molar-refractivity contribution in [2.75, 3.05) is 6.54 Å². The molecule has 0 radical (unpaired) electrons. The second kappa shape index (κ2) is 13.4. The Morgan fingerprint density at radius 3 is 2.70 bits per heavy atom. The quantitative estimate of drug-likeness (QED) is 0.312. The summed E-state index contributed by atoms with van der Waals surface area (Å²) in [5.74, 6) is -0.139. The standard InChI is InChI=1S/C25H37NO4/c1-2-26-25(30)13-9-4-3-8-12-21-22(24(29)18-23(21)28)17-16-20(27)15-14-19-10-6-5-7-11-19/h3,5-8,10-11,16-17,20-24,27-29H,2,4,9,12-15,18H2,1H3,(H,26,30)/b8-3-,17-16+/t20-,21+,22-,23+,24-/m1/s1. The summed E-state index contributed by atoms with van der Waals surface area (Å²) in [5.41, 5.74) is 1.19. The van der Waals surface area contributed by atoms with Gasteiger partial charge in [-0.2, -0.15) is 0 Å². The zero-order valence-electron chi connectivity index (χ0n) is 18.0. The van der Waals surface area contributed by atoms with Crippen molar-refractivity contribution in [3.05, 3.63) is 60.2 Å². The molecule has 1 fully saturated rings. The van der Waals surface area contributed by atoms with Gasteiger partial charge < -0.3 is 20.6 Å². The van der Waals surface area contributed by atoms with Crippen LogP contribution in [0.3, 0.4) is 0 Å². The molecule has 0 aromatic heterocycles. The van der Waals surface area contributed by atoms with Crippen molar-refractivity contribution in [2.24, 2.45) is 11.8 Å². The molecule has 166 valence electrons. The van der Waals surface area contributed by atoms with E-state index in [1.54, 1.807) is 6.08 Å². The van der Waals surface area contributed by atoms with Crippen LogP contribution in [0.15, 0.2) is 54.6 Å². The average Bonchev–Trinajstić information content (AvgIpc) is 3.00. The number of rotatable bonds is 12. The van der Waals surface area contributed by atoms with Crippen LogP contribution in [0.25, 0.3) is 0 Å². The van der Waals surface area contributed by atoms with E-state index in [1.807, 2.05) is 55.5 Å². The van der Waals surface area contributed by atoms with Crippen LogP contribution in [-0.4, -0.2) is 46.1 Å². The number of hydrogen-bond donors (Lipinski definition) is 4. The maximum atomic E-state index is 11.4. The highest BCUT2D eigenvalue weighted by Gasteiger charge is 2.39.